The minimum absolute atomic E-state index is 0.174. The second kappa shape index (κ2) is 8.36. The predicted molar refractivity (Wildman–Crippen MR) is 115 cm³/mol. The molecule has 0 saturated heterocycles. The molecule has 0 aliphatic carbocycles. The van der Waals surface area contributed by atoms with Gasteiger partial charge in [0.05, 0.1) is 0 Å². The van der Waals surface area contributed by atoms with Gasteiger partial charge in [-0.1, -0.05) is 18.2 Å². The number of phenols is 1. The highest BCUT2D eigenvalue weighted by atomic mass is 16.3. The lowest BCUT2D eigenvalue weighted by Gasteiger charge is -2.30. The average molecular weight is 404 g/mol. The van der Waals surface area contributed by atoms with Crippen molar-refractivity contribution in [1.82, 2.24) is 20.3 Å². The first-order chi connectivity index (χ1) is 14.5. The minimum Gasteiger partial charge on any atom is -0.508 e. The molecule has 0 spiro atoms. The number of rotatable bonds is 5. The van der Waals surface area contributed by atoms with E-state index in [0.717, 1.165) is 30.6 Å². The molecule has 3 N–H and O–H groups in total. The third-order valence-electron chi connectivity index (χ3n) is 5.09. The lowest BCUT2D eigenvalue weighted by molar-refractivity contribution is 0.0950. The van der Waals surface area contributed by atoms with Gasteiger partial charge in [-0.2, -0.15) is 15.0 Å². The van der Waals surface area contributed by atoms with Crippen LogP contribution in [-0.2, 0) is 13.0 Å². The molecule has 30 heavy (non-hydrogen) atoms. The maximum Gasteiger partial charge on any atom is 0.251 e. The molecule has 8 heteroatoms. The summed E-state index contributed by atoms with van der Waals surface area (Å²) in [6.07, 6.45) is 1.82. The summed E-state index contributed by atoms with van der Waals surface area (Å²) in [6, 6.07) is 12.7. The number of benzene rings is 2. The van der Waals surface area contributed by atoms with E-state index >= 15 is 0 Å². The Morgan fingerprint density at radius 3 is 2.80 bits per heavy atom. The number of phenolic OH excluding ortho intramolecular Hbond substituents is 1. The Bertz CT molecular complexity index is 1080. The van der Waals surface area contributed by atoms with Crippen LogP contribution in [0.1, 0.15) is 33.7 Å². The number of nitrogens with zero attached hydrogens (tertiary/aromatic N) is 4. The van der Waals surface area contributed by atoms with Crippen LogP contribution in [0.25, 0.3) is 0 Å². The van der Waals surface area contributed by atoms with Crippen molar-refractivity contribution in [2.24, 2.45) is 0 Å². The van der Waals surface area contributed by atoms with E-state index in [9.17, 15) is 9.90 Å². The fraction of sp³-hybridized carbons (Fsp3) is 0.273. The van der Waals surface area contributed by atoms with Gasteiger partial charge in [-0.15, -0.1) is 0 Å². The number of hydrogen-bond donors (Lipinski definition) is 3. The maximum absolute atomic E-state index is 12.6. The van der Waals surface area contributed by atoms with Crippen molar-refractivity contribution in [3.8, 4) is 5.75 Å². The third kappa shape index (κ3) is 4.03. The van der Waals surface area contributed by atoms with E-state index < -0.39 is 0 Å². The first-order valence-electron chi connectivity index (χ1n) is 9.91. The molecule has 0 bridgehead atoms. The zero-order valence-corrected chi connectivity index (χ0v) is 17.0. The van der Waals surface area contributed by atoms with Crippen LogP contribution >= 0.6 is 0 Å². The van der Waals surface area contributed by atoms with Crippen molar-refractivity contribution in [1.29, 1.82) is 0 Å². The van der Waals surface area contributed by atoms with Crippen molar-refractivity contribution >= 4 is 23.5 Å². The van der Waals surface area contributed by atoms with E-state index in [1.54, 1.807) is 25.2 Å². The molecule has 1 aromatic heterocycles. The van der Waals surface area contributed by atoms with E-state index in [0.29, 0.717) is 28.8 Å². The lowest BCUT2D eigenvalue weighted by atomic mass is 9.99. The monoisotopic (exact) mass is 404 g/mol. The van der Waals surface area contributed by atoms with Gasteiger partial charge in [0.2, 0.25) is 11.9 Å². The summed E-state index contributed by atoms with van der Waals surface area (Å²) in [6.45, 7) is 2.92. The van der Waals surface area contributed by atoms with Crippen molar-refractivity contribution < 1.29 is 9.90 Å². The summed E-state index contributed by atoms with van der Waals surface area (Å²) >= 11 is 0. The van der Waals surface area contributed by atoms with Crippen LogP contribution < -0.4 is 15.5 Å². The predicted octanol–water partition coefficient (Wildman–Crippen LogP) is 2.94. The zero-order valence-electron chi connectivity index (χ0n) is 17.0. The molecule has 1 amide bonds. The molecule has 154 valence electrons. The Hall–Kier alpha value is -3.68. The van der Waals surface area contributed by atoms with Crippen molar-refractivity contribution in [2.45, 2.75) is 26.3 Å². The molecule has 2 heterocycles. The molecule has 1 aliphatic heterocycles. The van der Waals surface area contributed by atoms with Gasteiger partial charge in [0.1, 0.15) is 11.6 Å². The number of hydrogen-bond acceptors (Lipinski definition) is 7. The Morgan fingerprint density at radius 2 is 2.00 bits per heavy atom. The van der Waals surface area contributed by atoms with Crippen molar-refractivity contribution in [3.05, 3.63) is 65.0 Å². The summed E-state index contributed by atoms with van der Waals surface area (Å²) in [5.41, 5.74) is 3.36. The summed E-state index contributed by atoms with van der Waals surface area (Å²) in [5, 5.41) is 15.7. The number of nitrogens with one attached hydrogen (secondary N) is 2. The van der Waals surface area contributed by atoms with Crippen LogP contribution in [0.4, 0.5) is 17.6 Å². The molecule has 0 fully saturated rings. The SMILES string of the molecule is CNc1nc(C)nc(N2CCCc3cc(C(=O)NCc4ccccc4O)ccc32)n1. The molecule has 4 rings (SSSR count). The van der Waals surface area contributed by atoms with Gasteiger partial charge in [0.15, 0.2) is 0 Å². The summed E-state index contributed by atoms with van der Waals surface area (Å²) in [7, 11) is 1.78. The number of amides is 1. The fourth-order valence-corrected chi connectivity index (χ4v) is 3.58. The Balaban J connectivity index is 1.55. The fourth-order valence-electron chi connectivity index (χ4n) is 3.58. The molecule has 3 aromatic rings. The number of fused-ring (bicyclic) bond motifs is 1. The molecule has 0 radical (unpaired) electrons. The topological polar surface area (TPSA) is 103 Å². The number of carbonyl (C=O) groups is 1. The standard InChI is InChI=1S/C22H24N6O2/c1-14-25-21(23-2)27-22(26-14)28-11-5-7-15-12-16(9-10-18(15)28)20(30)24-13-17-6-3-4-8-19(17)29/h3-4,6,8-10,12,29H,5,7,11,13H2,1-2H3,(H,24,30)(H,23,25,26,27). The van der Waals surface area contributed by atoms with Gasteiger partial charge in [0, 0.05) is 37.0 Å². The highest BCUT2D eigenvalue weighted by Crippen LogP contribution is 2.32. The molecular formula is C22H24N6O2. The number of anilines is 3. The molecule has 8 nitrogen and oxygen atoms in total. The van der Waals surface area contributed by atoms with Crippen molar-refractivity contribution in [2.75, 3.05) is 23.8 Å². The number of aromatic hydroxyl groups is 1. The van der Waals surface area contributed by atoms with Crippen LogP contribution in [0.15, 0.2) is 42.5 Å². The molecule has 0 saturated carbocycles. The second-order valence-corrected chi connectivity index (χ2v) is 7.17. The van der Waals surface area contributed by atoms with Gasteiger partial charge in [-0.05, 0) is 49.6 Å². The minimum atomic E-state index is -0.174. The molecule has 2 aromatic carbocycles. The van der Waals surface area contributed by atoms with Crippen LogP contribution in [0.2, 0.25) is 0 Å². The number of aryl methyl sites for hydroxylation is 2. The number of carbonyl (C=O) groups excluding carboxylic acids is 1. The quantitative estimate of drug-likeness (QED) is 0.601. The third-order valence-corrected chi connectivity index (χ3v) is 5.09. The Morgan fingerprint density at radius 1 is 1.17 bits per heavy atom. The Kier molecular flexibility index (Phi) is 5.47. The van der Waals surface area contributed by atoms with Crippen LogP contribution in [0.5, 0.6) is 5.75 Å². The van der Waals surface area contributed by atoms with Crippen LogP contribution in [0.3, 0.4) is 0 Å². The van der Waals surface area contributed by atoms with E-state index in [2.05, 4.69) is 30.5 Å². The smallest absolute Gasteiger partial charge is 0.251 e. The van der Waals surface area contributed by atoms with Gasteiger partial charge < -0.3 is 20.6 Å². The highest BCUT2D eigenvalue weighted by molar-refractivity contribution is 5.95. The van der Waals surface area contributed by atoms with E-state index in [1.165, 1.54) is 0 Å². The van der Waals surface area contributed by atoms with Crippen molar-refractivity contribution in [3.63, 3.8) is 0 Å². The number of para-hydroxylation sites is 1. The van der Waals surface area contributed by atoms with Gasteiger partial charge in [-0.25, -0.2) is 0 Å². The number of aromatic nitrogens is 3. The first-order valence-corrected chi connectivity index (χ1v) is 9.91. The Labute approximate surface area is 175 Å². The molecular weight excluding hydrogens is 380 g/mol. The summed E-state index contributed by atoms with van der Waals surface area (Å²) in [4.78, 5) is 28.0. The zero-order chi connectivity index (χ0) is 21.1. The molecule has 0 unspecified atom stereocenters. The maximum atomic E-state index is 12.6. The second-order valence-electron chi connectivity index (χ2n) is 7.17. The van der Waals surface area contributed by atoms with Gasteiger partial charge in [0.25, 0.3) is 5.91 Å². The normalized spacial score (nSPS) is 12.9. The first kappa shape index (κ1) is 19.6. The van der Waals surface area contributed by atoms with Crippen LogP contribution in [-0.4, -0.2) is 39.6 Å². The lowest BCUT2D eigenvalue weighted by Crippen LogP contribution is -2.28. The van der Waals surface area contributed by atoms with E-state index in [1.807, 2.05) is 31.2 Å². The molecule has 0 atom stereocenters. The molecule has 1 aliphatic rings. The van der Waals surface area contributed by atoms with Gasteiger partial charge in [-0.3, -0.25) is 4.79 Å². The van der Waals surface area contributed by atoms with E-state index in [4.69, 9.17) is 0 Å². The highest BCUT2D eigenvalue weighted by Gasteiger charge is 2.22. The van der Waals surface area contributed by atoms with Gasteiger partial charge >= 0.3 is 0 Å². The summed E-state index contributed by atoms with van der Waals surface area (Å²) in [5.74, 6) is 1.78. The summed E-state index contributed by atoms with van der Waals surface area (Å²) < 4.78 is 0. The van der Waals surface area contributed by atoms with Crippen LogP contribution in [0, 0.1) is 6.92 Å². The average Bonchev–Trinajstić information content (AvgIpc) is 2.77. The largest absolute Gasteiger partial charge is 0.508 e. The van der Waals surface area contributed by atoms with E-state index in [-0.39, 0.29) is 18.2 Å².